The fraction of sp³-hybridized carbons (Fsp3) is 0.208. The van der Waals surface area contributed by atoms with Gasteiger partial charge in [0.2, 0.25) is 0 Å². The van der Waals surface area contributed by atoms with Crippen LogP contribution in [0.4, 0.5) is 8.78 Å². The van der Waals surface area contributed by atoms with Crippen molar-refractivity contribution < 1.29 is 23.1 Å². The third-order valence-electron chi connectivity index (χ3n) is 4.93. The number of ether oxygens (including phenoxy) is 1. The van der Waals surface area contributed by atoms with Crippen molar-refractivity contribution in [1.82, 2.24) is 14.7 Å². The van der Waals surface area contributed by atoms with Crippen LogP contribution in [0, 0.1) is 25.5 Å². The first-order valence-electron chi connectivity index (χ1n) is 9.90. The largest absolute Gasteiger partial charge is 0.452 e. The maximum absolute atomic E-state index is 13.7. The van der Waals surface area contributed by atoms with Gasteiger partial charge in [-0.3, -0.25) is 4.79 Å². The Morgan fingerprint density at radius 2 is 1.78 bits per heavy atom. The van der Waals surface area contributed by atoms with Crippen molar-refractivity contribution in [3.05, 3.63) is 88.8 Å². The van der Waals surface area contributed by atoms with Gasteiger partial charge in [0.1, 0.15) is 11.6 Å². The molecule has 0 aliphatic heterocycles. The number of hydrogen-bond acceptors (Lipinski definition) is 4. The number of carbonyl (C=O) groups excluding carboxylic acids is 2. The van der Waals surface area contributed by atoms with E-state index in [-0.39, 0.29) is 12.4 Å². The Bertz CT molecular complexity index is 1150. The van der Waals surface area contributed by atoms with E-state index in [1.54, 1.807) is 48.0 Å². The molecule has 166 valence electrons. The lowest BCUT2D eigenvalue weighted by Gasteiger charge is -2.17. The molecule has 3 rings (SSSR count). The van der Waals surface area contributed by atoms with Gasteiger partial charge >= 0.3 is 5.97 Å². The van der Waals surface area contributed by atoms with Gasteiger partial charge in [0.05, 0.1) is 11.4 Å². The number of benzene rings is 2. The van der Waals surface area contributed by atoms with Crippen molar-refractivity contribution in [3.8, 4) is 5.69 Å². The molecule has 1 aromatic heterocycles. The third-order valence-corrected chi connectivity index (χ3v) is 4.93. The lowest BCUT2D eigenvalue weighted by Crippen LogP contribution is -2.30. The normalized spacial score (nSPS) is 11.0. The smallest absolute Gasteiger partial charge is 0.331 e. The van der Waals surface area contributed by atoms with Crippen LogP contribution >= 0.6 is 0 Å². The number of amides is 1. The Morgan fingerprint density at radius 3 is 2.47 bits per heavy atom. The van der Waals surface area contributed by atoms with Crippen LogP contribution in [0.2, 0.25) is 0 Å². The lowest BCUT2D eigenvalue weighted by atomic mass is 10.2. The number of rotatable bonds is 7. The average molecular weight is 439 g/mol. The van der Waals surface area contributed by atoms with E-state index in [4.69, 9.17) is 4.74 Å². The Labute approximate surface area is 184 Å². The molecular weight excluding hydrogens is 416 g/mol. The van der Waals surface area contributed by atoms with Gasteiger partial charge in [0, 0.05) is 36.5 Å². The summed E-state index contributed by atoms with van der Waals surface area (Å²) >= 11 is 0. The first-order chi connectivity index (χ1) is 15.3. The van der Waals surface area contributed by atoms with Crippen LogP contribution in [0.3, 0.4) is 0 Å². The maximum Gasteiger partial charge on any atom is 0.331 e. The quantitative estimate of drug-likeness (QED) is 0.413. The SMILES string of the molecule is Cc1nn(-c2ccc(F)cc2)c(C)c1/C=C/C(=O)OCC(=O)N(C)Cc1ccccc1F. The summed E-state index contributed by atoms with van der Waals surface area (Å²) in [7, 11) is 1.51. The van der Waals surface area contributed by atoms with Crippen molar-refractivity contribution in [2.45, 2.75) is 20.4 Å². The van der Waals surface area contributed by atoms with Gasteiger partial charge in [-0.25, -0.2) is 18.3 Å². The summed E-state index contributed by atoms with van der Waals surface area (Å²) in [5, 5.41) is 4.43. The molecule has 0 aliphatic rings. The summed E-state index contributed by atoms with van der Waals surface area (Å²) < 4.78 is 33.6. The molecule has 0 aliphatic carbocycles. The highest BCUT2D eigenvalue weighted by molar-refractivity contribution is 5.89. The summed E-state index contributed by atoms with van der Waals surface area (Å²) in [4.78, 5) is 25.6. The number of likely N-dealkylation sites (N-methyl/N-ethyl adjacent to an activating group) is 1. The van der Waals surface area contributed by atoms with Gasteiger partial charge in [0.25, 0.3) is 5.91 Å². The molecule has 0 saturated carbocycles. The Hall–Kier alpha value is -3.81. The summed E-state index contributed by atoms with van der Waals surface area (Å²) in [6.07, 6.45) is 2.78. The number of aryl methyl sites for hydroxylation is 1. The predicted molar refractivity (Wildman–Crippen MR) is 116 cm³/mol. The number of carbonyl (C=O) groups is 2. The molecular formula is C24H23F2N3O3. The molecule has 1 heterocycles. The van der Waals surface area contributed by atoms with Crippen molar-refractivity contribution in [2.24, 2.45) is 0 Å². The summed E-state index contributed by atoms with van der Waals surface area (Å²) in [5.41, 5.74) is 3.22. The summed E-state index contributed by atoms with van der Waals surface area (Å²) in [5.74, 6) is -1.89. The lowest BCUT2D eigenvalue weighted by molar-refractivity contribution is -0.147. The second kappa shape index (κ2) is 10.00. The number of nitrogens with zero attached hydrogens (tertiary/aromatic N) is 3. The molecule has 2 aromatic carbocycles. The summed E-state index contributed by atoms with van der Waals surface area (Å²) in [6, 6.07) is 12.1. The zero-order valence-corrected chi connectivity index (χ0v) is 18.0. The van der Waals surface area contributed by atoms with E-state index >= 15 is 0 Å². The monoisotopic (exact) mass is 439 g/mol. The van der Waals surface area contributed by atoms with E-state index in [1.165, 1.54) is 36.2 Å². The Balaban J connectivity index is 1.59. The highest BCUT2D eigenvalue weighted by Crippen LogP contribution is 2.19. The van der Waals surface area contributed by atoms with Crippen LogP contribution < -0.4 is 0 Å². The van der Waals surface area contributed by atoms with Crippen molar-refractivity contribution >= 4 is 18.0 Å². The fourth-order valence-corrected chi connectivity index (χ4v) is 3.14. The standard InChI is InChI=1S/C24H23F2N3O3/c1-16-21(17(2)29(27-16)20-10-8-19(25)9-11-20)12-13-24(31)32-15-23(30)28(3)14-18-6-4-5-7-22(18)26/h4-13H,14-15H2,1-3H3/b13-12+. The highest BCUT2D eigenvalue weighted by Gasteiger charge is 2.14. The molecule has 32 heavy (non-hydrogen) atoms. The molecule has 3 aromatic rings. The average Bonchev–Trinajstić information content (AvgIpc) is 3.06. The Morgan fingerprint density at radius 1 is 1.09 bits per heavy atom. The van der Waals surface area contributed by atoms with Crippen LogP contribution in [-0.4, -0.2) is 40.2 Å². The summed E-state index contributed by atoms with van der Waals surface area (Å²) in [6.45, 7) is 3.23. The predicted octanol–water partition coefficient (Wildman–Crippen LogP) is 3.98. The van der Waals surface area contributed by atoms with Crippen molar-refractivity contribution in [3.63, 3.8) is 0 Å². The van der Waals surface area contributed by atoms with Crippen LogP contribution in [-0.2, 0) is 20.9 Å². The van der Waals surface area contributed by atoms with Crippen molar-refractivity contribution in [2.75, 3.05) is 13.7 Å². The number of hydrogen-bond donors (Lipinski definition) is 0. The minimum Gasteiger partial charge on any atom is -0.452 e. The maximum atomic E-state index is 13.7. The molecule has 8 heteroatoms. The van der Waals surface area contributed by atoms with E-state index in [0.29, 0.717) is 22.5 Å². The van der Waals surface area contributed by atoms with Gasteiger partial charge in [-0.05, 0) is 50.3 Å². The zero-order chi connectivity index (χ0) is 23.3. The first-order valence-corrected chi connectivity index (χ1v) is 9.90. The molecule has 6 nitrogen and oxygen atoms in total. The van der Waals surface area contributed by atoms with Crippen LogP contribution in [0.1, 0.15) is 22.5 Å². The van der Waals surface area contributed by atoms with Gasteiger partial charge < -0.3 is 9.64 Å². The minimum atomic E-state index is -0.689. The number of aromatic nitrogens is 2. The second-order valence-corrected chi connectivity index (χ2v) is 7.25. The minimum absolute atomic E-state index is 0.0693. The first kappa shape index (κ1) is 22.9. The molecule has 1 amide bonds. The molecule has 0 spiro atoms. The van der Waals surface area contributed by atoms with Gasteiger partial charge in [-0.1, -0.05) is 18.2 Å². The second-order valence-electron chi connectivity index (χ2n) is 7.25. The molecule has 0 N–H and O–H groups in total. The third kappa shape index (κ3) is 5.46. The van der Waals surface area contributed by atoms with E-state index in [0.717, 1.165) is 5.69 Å². The van der Waals surface area contributed by atoms with Crippen molar-refractivity contribution in [1.29, 1.82) is 0 Å². The molecule has 0 fully saturated rings. The van der Waals surface area contributed by atoms with E-state index < -0.39 is 24.3 Å². The molecule has 0 bridgehead atoms. The molecule has 0 radical (unpaired) electrons. The highest BCUT2D eigenvalue weighted by atomic mass is 19.1. The molecule has 0 saturated heterocycles. The zero-order valence-electron chi connectivity index (χ0n) is 18.0. The molecule has 0 atom stereocenters. The topological polar surface area (TPSA) is 64.4 Å². The number of halogens is 2. The van der Waals surface area contributed by atoms with E-state index in [2.05, 4.69) is 5.10 Å². The Kier molecular flexibility index (Phi) is 7.14. The van der Waals surface area contributed by atoms with E-state index in [9.17, 15) is 18.4 Å². The van der Waals surface area contributed by atoms with Crippen LogP contribution in [0.25, 0.3) is 11.8 Å². The van der Waals surface area contributed by atoms with Gasteiger partial charge in [0.15, 0.2) is 6.61 Å². The fourth-order valence-electron chi connectivity index (χ4n) is 3.14. The van der Waals surface area contributed by atoms with Gasteiger partial charge in [-0.15, -0.1) is 0 Å². The molecule has 0 unspecified atom stereocenters. The van der Waals surface area contributed by atoms with Crippen LogP contribution in [0.15, 0.2) is 54.6 Å². The van der Waals surface area contributed by atoms with E-state index in [1.807, 2.05) is 6.92 Å². The number of esters is 1. The van der Waals surface area contributed by atoms with Gasteiger partial charge in [-0.2, -0.15) is 5.10 Å². The van der Waals surface area contributed by atoms with Crippen LogP contribution in [0.5, 0.6) is 0 Å².